The van der Waals surface area contributed by atoms with E-state index in [0.717, 1.165) is 38.2 Å². The molecule has 1 atom stereocenters. The molecule has 3 rings (SSSR count). The van der Waals surface area contributed by atoms with Crippen LogP contribution in [0.15, 0.2) is 30.3 Å². The Balaban J connectivity index is 1.61. The standard InChI is InChI=1S/C20H29N3O/c1-22(2)18-8-5-17(6-9-18)7-10-19(24)23-14-4-12-20(16-23)11-3-13-21-15-20/h5-10,21H,3-4,11-16H2,1-2H3/b10-7+. The third-order valence-electron chi connectivity index (χ3n) is 5.36. The molecule has 1 amide bonds. The average Bonchev–Trinajstić information content (AvgIpc) is 2.60. The first-order chi connectivity index (χ1) is 11.6. The van der Waals surface area contributed by atoms with Crippen molar-refractivity contribution in [3.63, 3.8) is 0 Å². The van der Waals surface area contributed by atoms with Crippen LogP contribution in [0.4, 0.5) is 5.69 Å². The molecule has 4 heteroatoms. The van der Waals surface area contributed by atoms with Crippen LogP contribution in [-0.4, -0.2) is 51.1 Å². The molecule has 1 spiro atoms. The van der Waals surface area contributed by atoms with E-state index in [9.17, 15) is 4.79 Å². The van der Waals surface area contributed by atoms with Crippen molar-refractivity contribution in [3.05, 3.63) is 35.9 Å². The fourth-order valence-corrected chi connectivity index (χ4v) is 3.93. The highest BCUT2D eigenvalue weighted by atomic mass is 16.2. The van der Waals surface area contributed by atoms with E-state index < -0.39 is 0 Å². The van der Waals surface area contributed by atoms with Gasteiger partial charge in [0.2, 0.25) is 5.91 Å². The summed E-state index contributed by atoms with van der Waals surface area (Å²) in [5.74, 6) is 0.149. The second-order valence-electron chi connectivity index (χ2n) is 7.46. The minimum Gasteiger partial charge on any atom is -0.378 e. The molecule has 24 heavy (non-hydrogen) atoms. The van der Waals surface area contributed by atoms with Crippen molar-refractivity contribution in [2.75, 3.05) is 45.2 Å². The van der Waals surface area contributed by atoms with Crippen molar-refractivity contribution in [1.82, 2.24) is 10.2 Å². The second kappa shape index (κ2) is 7.39. The molecule has 0 bridgehead atoms. The number of hydrogen-bond acceptors (Lipinski definition) is 3. The van der Waals surface area contributed by atoms with E-state index in [0.29, 0.717) is 5.41 Å². The highest BCUT2D eigenvalue weighted by molar-refractivity contribution is 5.92. The summed E-state index contributed by atoms with van der Waals surface area (Å²) >= 11 is 0. The molecule has 2 heterocycles. The molecule has 2 fully saturated rings. The minimum absolute atomic E-state index is 0.149. The molecule has 0 aromatic heterocycles. The maximum Gasteiger partial charge on any atom is 0.246 e. The predicted octanol–water partition coefficient (Wildman–Crippen LogP) is 2.76. The van der Waals surface area contributed by atoms with Crippen molar-refractivity contribution in [1.29, 1.82) is 0 Å². The van der Waals surface area contributed by atoms with Gasteiger partial charge >= 0.3 is 0 Å². The smallest absolute Gasteiger partial charge is 0.246 e. The van der Waals surface area contributed by atoms with E-state index in [1.165, 1.54) is 24.9 Å². The summed E-state index contributed by atoms with van der Waals surface area (Å²) in [5, 5.41) is 3.52. The van der Waals surface area contributed by atoms with Gasteiger partial charge in [-0.2, -0.15) is 0 Å². The lowest BCUT2D eigenvalue weighted by Crippen LogP contribution is -2.52. The normalized spacial score (nSPS) is 24.5. The van der Waals surface area contributed by atoms with E-state index in [1.807, 2.05) is 25.1 Å². The number of benzene rings is 1. The molecular formula is C20H29N3O. The lowest BCUT2D eigenvalue weighted by Gasteiger charge is -2.45. The van der Waals surface area contributed by atoms with Gasteiger partial charge < -0.3 is 15.1 Å². The van der Waals surface area contributed by atoms with Gasteiger partial charge in [0.15, 0.2) is 0 Å². The Bertz CT molecular complexity index is 580. The SMILES string of the molecule is CN(C)c1ccc(/C=C/C(=O)N2CCCC3(CCCNC3)C2)cc1. The van der Waals surface area contributed by atoms with Crippen LogP contribution in [0.5, 0.6) is 0 Å². The molecule has 2 aliphatic rings. The number of piperidine rings is 2. The van der Waals surface area contributed by atoms with E-state index in [2.05, 4.69) is 34.5 Å². The number of amides is 1. The molecule has 0 aliphatic carbocycles. The van der Waals surface area contributed by atoms with Crippen LogP contribution in [-0.2, 0) is 4.79 Å². The summed E-state index contributed by atoms with van der Waals surface area (Å²) in [6.45, 7) is 3.98. The van der Waals surface area contributed by atoms with Crippen LogP contribution in [0.1, 0.15) is 31.2 Å². The molecule has 0 radical (unpaired) electrons. The van der Waals surface area contributed by atoms with Gasteiger partial charge in [-0.3, -0.25) is 4.79 Å². The van der Waals surface area contributed by atoms with Gasteiger partial charge in [0.05, 0.1) is 0 Å². The highest BCUT2D eigenvalue weighted by Gasteiger charge is 2.37. The molecular weight excluding hydrogens is 298 g/mol. The lowest BCUT2D eigenvalue weighted by molar-refractivity contribution is -0.129. The zero-order valence-electron chi connectivity index (χ0n) is 14.9. The van der Waals surface area contributed by atoms with Crippen molar-refractivity contribution >= 4 is 17.7 Å². The molecule has 1 aromatic rings. The summed E-state index contributed by atoms with van der Waals surface area (Å²) in [7, 11) is 4.06. The minimum atomic E-state index is 0.149. The molecule has 1 unspecified atom stereocenters. The Kier molecular flexibility index (Phi) is 5.24. The fourth-order valence-electron chi connectivity index (χ4n) is 3.93. The van der Waals surface area contributed by atoms with E-state index in [4.69, 9.17) is 0 Å². The van der Waals surface area contributed by atoms with Crippen LogP contribution in [0.3, 0.4) is 0 Å². The third-order valence-corrected chi connectivity index (χ3v) is 5.36. The third kappa shape index (κ3) is 3.99. The Morgan fingerprint density at radius 1 is 1.21 bits per heavy atom. The van der Waals surface area contributed by atoms with Crippen molar-refractivity contribution < 1.29 is 4.79 Å². The first-order valence-corrected chi connectivity index (χ1v) is 9.03. The Hall–Kier alpha value is -1.81. The van der Waals surface area contributed by atoms with Crippen molar-refractivity contribution in [3.8, 4) is 0 Å². The van der Waals surface area contributed by atoms with Crippen molar-refractivity contribution in [2.45, 2.75) is 25.7 Å². The van der Waals surface area contributed by atoms with Gasteiger partial charge in [-0.05, 0) is 56.0 Å². The first-order valence-electron chi connectivity index (χ1n) is 9.03. The topological polar surface area (TPSA) is 35.6 Å². The largest absolute Gasteiger partial charge is 0.378 e. The van der Waals surface area contributed by atoms with Crippen LogP contribution in [0.25, 0.3) is 6.08 Å². The zero-order chi connectivity index (χ0) is 17.0. The zero-order valence-corrected chi connectivity index (χ0v) is 14.9. The molecule has 1 N–H and O–H groups in total. The van der Waals surface area contributed by atoms with Gasteiger partial charge in [0.25, 0.3) is 0 Å². The Morgan fingerprint density at radius 2 is 1.96 bits per heavy atom. The number of nitrogens with one attached hydrogen (secondary N) is 1. The van der Waals surface area contributed by atoms with Gasteiger partial charge in [0, 0.05) is 50.9 Å². The lowest BCUT2D eigenvalue weighted by atomic mass is 9.74. The quantitative estimate of drug-likeness (QED) is 0.867. The average molecular weight is 327 g/mol. The van der Waals surface area contributed by atoms with Gasteiger partial charge in [-0.15, -0.1) is 0 Å². The molecule has 1 aromatic carbocycles. The molecule has 0 saturated carbocycles. The number of hydrogen-bond donors (Lipinski definition) is 1. The number of rotatable bonds is 3. The Labute approximate surface area is 145 Å². The van der Waals surface area contributed by atoms with E-state index in [1.54, 1.807) is 6.08 Å². The van der Waals surface area contributed by atoms with Gasteiger partial charge in [0.1, 0.15) is 0 Å². The van der Waals surface area contributed by atoms with Gasteiger partial charge in [-0.1, -0.05) is 12.1 Å². The number of anilines is 1. The second-order valence-corrected chi connectivity index (χ2v) is 7.46. The number of carbonyl (C=O) groups is 1. The first kappa shape index (κ1) is 17.0. The van der Waals surface area contributed by atoms with Crippen LogP contribution >= 0.6 is 0 Å². The monoisotopic (exact) mass is 327 g/mol. The van der Waals surface area contributed by atoms with Crippen molar-refractivity contribution in [2.24, 2.45) is 5.41 Å². The van der Waals surface area contributed by atoms with Crippen LogP contribution in [0.2, 0.25) is 0 Å². The van der Waals surface area contributed by atoms with Crippen LogP contribution < -0.4 is 10.2 Å². The van der Waals surface area contributed by atoms with Crippen LogP contribution in [0, 0.1) is 5.41 Å². The van der Waals surface area contributed by atoms with E-state index >= 15 is 0 Å². The molecule has 2 aliphatic heterocycles. The van der Waals surface area contributed by atoms with Gasteiger partial charge in [-0.25, -0.2) is 0 Å². The van der Waals surface area contributed by atoms with E-state index in [-0.39, 0.29) is 5.91 Å². The number of nitrogens with zero attached hydrogens (tertiary/aromatic N) is 2. The Morgan fingerprint density at radius 3 is 2.62 bits per heavy atom. The summed E-state index contributed by atoms with van der Waals surface area (Å²) in [6, 6.07) is 8.27. The highest BCUT2D eigenvalue weighted by Crippen LogP contribution is 2.35. The predicted molar refractivity (Wildman–Crippen MR) is 100 cm³/mol. The molecule has 2 saturated heterocycles. The maximum atomic E-state index is 12.6. The fraction of sp³-hybridized carbons (Fsp3) is 0.550. The number of likely N-dealkylation sites (tertiary alicyclic amines) is 1. The summed E-state index contributed by atoms with van der Waals surface area (Å²) in [6.07, 6.45) is 8.52. The number of carbonyl (C=O) groups excluding carboxylic acids is 1. The maximum absolute atomic E-state index is 12.6. The summed E-state index contributed by atoms with van der Waals surface area (Å²) in [4.78, 5) is 16.7. The molecule has 130 valence electrons. The molecule has 4 nitrogen and oxygen atoms in total. The summed E-state index contributed by atoms with van der Waals surface area (Å²) < 4.78 is 0. The summed E-state index contributed by atoms with van der Waals surface area (Å²) in [5.41, 5.74) is 2.55.